The van der Waals surface area contributed by atoms with Gasteiger partial charge in [0, 0.05) is 22.4 Å². The van der Waals surface area contributed by atoms with Crippen molar-refractivity contribution >= 4 is 60.6 Å². The van der Waals surface area contributed by atoms with Gasteiger partial charge in [-0.1, -0.05) is 40.5 Å². The van der Waals surface area contributed by atoms with Crippen molar-refractivity contribution in [3.8, 4) is 11.3 Å². The third-order valence-electron chi connectivity index (χ3n) is 3.87. The first-order valence-corrected chi connectivity index (χ1v) is 12.7. The predicted molar refractivity (Wildman–Crippen MR) is 118 cm³/mol. The monoisotopic (exact) mass is 448 g/mol. The standard InChI is InChI=1S/C18H16N4O2S4/c23-28(24,21-14-8-6-13(7-9-14)16-12-26-22-20-16)11-3-10-25-18-19-15-4-1-2-5-17(15)27-18/h1-2,4-9,12,21H,3,10-11H2. The number of rotatable bonds is 8. The lowest BCUT2D eigenvalue weighted by Crippen LogP contribution is -2.17. The summed E-state index contributed by atoms with van der Waals surface area (Å²) in [5.41, 5.74) is 3.22. The number of aromatic nitrogens is 3. The first-order chi connectivity index (χ1) is 13.6. The minimum atomic E-state index is -3.39. The van der Waals surface area contributed by atoms with Crippen LogP contribution >= 0.6 is 34.6 Å². The van der Waals surface area contributed by atoms with Gasteiger partial charge in [0.2, 0.25) is 10.0 Å². The third kappa shape index (κ3) is 4.88. The number of sulfonamides is 1. The van der Waals surface area contributed by atoms with Crippen molar-refractivity contribution in [2.45, 2.75) is 10.8 Å². The van der Waals surface area contributed by atoms with E-state index >= 15 is 0 Å². The Morgan fingerprint density at radius 1 is 1.07 bits per heavy atom. The highest BCUT2D eigenvalue weighted by Gasteiger charge is 2.11. The van der Waals surface area contributed by atoms with Crippen molar-refractivity contribution in [3.63, 3.8) is 0 Å². The SMILES string of the molecule is O=S(=O)(CCCSc1nc2ccccc2s1)Nc1ccc(-c2csnn2)cc1. The van der Waals surface area contributed by atoms with E-state index in [4.69, 9.17) is 0 Å². The smallest absolute Gasteiger partial charge is 0.232 e. The maximum atomic E-state index is 12.3. The first kappa shape index (κ1) is 19.3. The molecule has 2 aromatic heterocycles. The number of para-hydroxylation sites is 1. The summed E-state index contributed by atoms with van der Waals surface area (Å²) in [6, 6.07) is 15.1. The summed E-state index contributed by atoms with van der Waals surface area (Å²) < 4.78 is 33.2. The molecule has 0 aliphatic carbocycles. The van der Waals surface area contributed by atoms with Crippen LogP contribution in [0.25, 0.3) is 21.5 Å². The highest BCUT2D eigenvalue weighted by Crippen LogP contribution is 2.29. The molecule has 0 unspecified atom stereocenters. The molecule has 0 aliphatic heterocycles. The summed E-state index contributed by atoms with van der Waals surface area (Å²) >= 11 is 4.51. The van der Waals surface area contributed by atoms with Crippen molar-refractivity contribution < 1.29 is 8.42 Å². The summed E-state index contributed by atoms with van der Waals surface area (Å²) in [5, 5.41) is 5.85. The van der Waals surface area contributed by atoms with Gasteiger partial charge in [-0.15, -0.1) is 16.4 Å². The van der Waals surface area contributed by atoms with Gasteiger partial charge in [-0.2, -0.15) is 0 Å². The van der Waals surface area contributed by atoms with Gasteiger partial charge in [0.1, 0.15) is 5.69 Å². The maximum absolute atomic E-state index is 12.3. The highest BCUT2D eigenvalue weighted by molar-refractivity contribution is 8.01. The van der Waals surface area contributed by atoms with E-state index in [2.05, 4.69) is 19.3 Å². The van der Waals surface area contributed by atoms with Crippen LogP contribution in [0.15, 0.2) is 58.3 Å². The van der Waals surface area contributed by atoms with Gasteiger partial charge in [-0.05, 0) is 42.2 Å². The molecule has 0 radical (unpaired) electrons. The molecule has 0 bridgehead atoms. The number of benzene rings is 2. The van der Waals surface area contributed by atoms with Crippen molar-refractivity contribution in [2.75, 3.05) is 16.2 Å². The summed E-state index contributed by atoms with van der Waals surface area (Å²) in [7, 11) is -3.39. The Morgan fingerprint density at radius 3 is 2.64 bits per heavy atom. The third-order valence-corrected chi connectivity index (χ3v) is 8.01. The lowest BCUT2D eigenvalue weighted by Gasteiger charge is -2.08. The first-order valence-electron chi connectivity index (χ1n) is 8.45. The summed E-state index contributed by atoms with van der Waals surface area (Å²) in [6.45, 7) is 0. The molecular weight excluding hydrogens is 432 g/mol. The van der Waals surface area contributed by atoms with Crippen molar-refractivity contribution in [1.29, 1.82) is 0 Å². The number of nitrogens with one attached hydrogen (secondary N) is 1. The fraction of sp³-hybridized carbons (Fsp3) is 0.167. The molecule has 2 heterocycles. The van der Waals surface area contributed by atoms with Crippen LogP contribution in [-0.4, -0.2) is 34.5 Å². The molecule has 0 saturated heterocycles. The van der Waals surface area contributed by atoms with Gasteiger partial charge in [0.05, 0.1) is 16.0 Å². The molecule has 0 aliphatic rings. The van der Waals surface area contributed by atoms with E-state index in [9.17, 15) is 8.42 Å². The molecule has 1 N–H and O–H groups in total. The number of hydrogen-bond donors (Lipinski definition) is 1. The van der Waals surface area contributed by atoms with Gasteiger partial charge in [-0.25, -0.2) is 13.4 Å². The number of anilines is 1. The topological polar surface area (TPSA) is 84.8 Å². The van der Waals surface area contributed by atoms with Gasteiger partial charge >= 0.3 is 0 Å². The van der Waals surface area contributed by atoms with Crippen LogP contribution in [0.5, 0.6) is 0 Å². The maximum Gasteiger partial charge on any atom is 0.232 e. The van der Waals surface area contributed by atoms with E-state index in [1.54, 1.807) is 35.2 Å². The summed E-state index contributed by atoms with van der Waals surface area (Å²) in [5.74, 6) is 0.777. The largest absolute Gasteiger partial charge is 0.284 e. The Labute approximate surface area is 175 Å². The Hall–Kier alpha value is -2.01. The highest BCUT2D eigenvalue weighted by atomic mass is 32.2. The zero-order valence-corrected chi connectivity index (χ0v) is 17.9. The van der Waals surface area contributed by atoms with E-state index in [0.717, 1.165) is 25.8 Å². The van der Waals surface area contributed by atoms with Gasteiger partial charge in [0.25, 0.3) is 0 Å². The molecule has 0 amide bonds. The van der Waals surface area contributed by atoms with Gasteiger partial charge in [0.15, 0.2) is 4.34 Å². The number of thiazole rings is 1. The Morgan fingerprint density at radius 2 is 1.89 bits per heavy atom. The second kappa shape index (κ2) is 8.56. The number of hydrogen-bond acceptors (Lipinski definition) is 8. The van der Waals surface area contributed by atoms with Crippen molar-refractivity contribution in [3.05, 3.63) is 53.9 Å². The normalized spacial score (nSPS) is 11.7. The minimum Gasteiger partial charge on any atom is -0.284 e. The molecule has 0 fully saturated rings. The van der Waals surface area contributed by atoms with Crippen molar-refractivity contribution in [1.82, 2.24) is 14.6 Å². The van der Waals surface area contributed by atoms with E-state index in [-0.39, 0.29) is 5.75 Å². The number of thioether (sulfide) groups is 1. The van der Waals surface area contributed by atoms with E-state index in [1.807, 2.05) is 41.8 Å². The van der Waals surface area contributed by atoms with Crippen molar-refractivity contribution in [2.24, 2.45) is 0 Å². The average molecular weight is 449 g/mol. The zero-order chi connectivity index (χ0) is 19.4. The van der Waals surface area contributed by atoms with Crippen LogP contribution in [0.3, 0.4) is 0 Å². The van der Waals surface area contributed by atoms with Crippen LogP contribution in [0, 0.1) is 0 Å². The molecule has 28 heavy (non-hydrogen) atoms. The fourth-order valence-electron chi connectivity index (χ4n) is 2.55. The molecule has 0 atom stereocenters. The lowest BCUT2D eigenvalue weighted by atomic mass is 10.2. The summed E-state index contributed by atoms with van der Waals surface area (Å²) in [6.07, 6.45) is 0.554. The van der Waals surface area contributed by atoms with Crippen LogP contribution in [0.1, 0.15) is 6.42 Å². The molecule has 4 rings (SSSR count). The Kier molecular flexibility index (Phi) is 5.90. The number of nitrogens with zero attached hydrogens (tertiary/aromatic N) is 3. The predicted octanol–water partition coefficient (Wildman–Crippen LogP) is 4.74. The van der Waals surface area contributed by atoms with E-state index < -0.39 is 10.0 Å². The number of fused-ring (bicyclic) bond motifs is 1. The lowest BCUT2D eigenvalue weighted by molar-refractivity contribution is 0.600. The minimum absolute atomic E-state index is 0.0721. The van der Waals surface area contributed by atoms with E-state index in [1.165, 1.54) is 11.5 Å². The molecule has 2 aromatic carbocycles. The van der Waals surface area contributed by atoms with Crippen LogP contribution in [-0.2, 0) is 10.0 Å². The van der Waals surface area contributed by atoms with Crippen LogP contribution in [0.2, 0.25) is 0 Å². The Bertz CT molecular complexity index is 1120. The average Bonchev–Trinajstić information content (AvgIpc) is 3.35. The van der Waals surface area contributed by atoms with Gasteiger partial charge < -0.3 is 0 Å². The quantitative estimate of drug-likeness (QED) is 0.310. The molecular formula is C18H16N4O2S4. The fourth-order valence-corrected chi connectivity index (χ4v) is 6.40. The summed E-state index contributed by atoms with van der Waals surface area (Å²) in [4.78, 5) is 4.55. The second-order valence-electron chi connectivity index (χ2n) is 5.94. The Balaban J connectivity index is 1.28. The molecule has 10 heteroatoms. The van der Waals surface area contributed by atoms with Crippen LogP contribution < -0.4 is 4.72 Å². The van der Waals surface area contributed by atoms with Crippen LogP contribution in [0.4, 0.5) is 5.69 Å². The van der Waals surface area contributed by atoms with E-state index in [0.29, 0.717) is 17.9 Å². The van der Waals surface area contributed by atoms with Gasteiger partial charge in [-0.3, -0.25) is 4.72 Å². The molecule has 144 valence electrons. The second-order valence-corrected chi connectivity index (χ2v) is 10.8. The molecule has 0 saturated carbocycles. The molecule has 0 spiro atoms. The molecule has 4 aromatic rings. The molecule has 6 nitrogen and oxygen atoms in total. The zero-order valence-electron chi connectivity index (χ0n) is 14.6.